The Kier molecular flexibility index (Phi) is 5.96. The second-order valence-electron chi connectivity index (χ2n) is 7.13. The molecule has 0 saturated carbocycles. The van der Waals surface area contributed by atoms with Crippen LogP contribution >= 0.6 is 39.1 Å². The van der Waals surface area contributed by atoms with Gasteiger partial charge in [-0.1, -0.05) is 82.1 Å². The van der Waals surface area contributed by atoms with Gasteiger partial charge in [0.1, 0.15) is 5.84 Å². The van der Waals surface area contributed by atoms with E-state index in [0.29, 0.717) is 0 Å². The highest BCUT2D eigenvalue weighted by Gasteiger charge is 2.36. The zero-order chi connectivity index (χ0) is 19.6. The van der Waals surface area contributed by atoms with Crippen molar-refractivity contribution >= 4 is 45.0 Å². The van der Waals surface area contributed by atoms with E-state index in [0.717, 1.165) is 52.4 Å². The lowest BCUT2D eigenvalue weighted by Crippen LogP contribution is -2.30. The number of amidine groups is 1. The number of nitrogens with zero attached hydrogens (tertiary/aromatic N) is 1. The van der Waals surface area contributed by atoms with Gasteiger partial charge in [-0.15, -0.1) is 11.6 Å². The third-order valence-corrected chi connectivity index (χ3v) is 6.69. The van der Waals surface area contributed by atoms with Crippen LogP contribution in [0, 0.1) is 0 Å². The Morgan fingerprint density at radius 1 is 1.14 bits per heavy atom. The maximum atomic E-state index is 7.24. The summed E-state index contributed by atoms with van der Waals surface area (Å²) < 4.78 is 1.01. The van der Waals surface area contributed by atoms with Crippen molar-refractivity contribution in [3.05, 3.63) is 93.0 Å². The quantitative estimate of drug-likeness (QED) is 0.509. The smallest absolute Gasteiger partial charge is 0.128 e. The second kappa shape index (κ2) is 8.44. The van der Waals surface area contributed by atoms with Gasteiger partial charge in [0.25, 0.3) is 0 Å². The number of aliphatic imine (C=N–C) groups is 1. The largest absolute Gasteiger partial charge is 0.368 e. The number of alkyl halides is 1. The molecule has 0 amide bonds. The maximum absolute atomic E-state index is 7.24. The van der Waals surface area contributed by atoms with Crippen molar-refractivity contribution in [3.63, 3.8) is 0 Å². The summed E-state index contributed by atoms with van der Waals surface area (Å²) in [6, 6.07) is 16.4. The number of rotatable bonds is 5. The lowest BCUT2D eigenvalue weighted by atomic mass is 9.79. The summed E-state index contributed by atoms with van der Waals surface area (Å²) in [4.78, 5) is 4.05. The van der Waals surface area contributed by atoms with Crippen LogP contribution in [0.15, 0.2) is 76.2 Å². The van der Waals surface area contributed by atoms with Crippen molar-refractivity contribution in [2.45, 2.75) is 23.6 Å². The molecule has 1 N–H and O–H groups in total. The molecule has 1 aliphatic heterocycles. The van der Waals surface area contributed by atoms with Crippen molar-refractivity contribution in [1.29, 1.82) is 0 Å². The van der Waals surface area contributed by atoms with E-state index in [1.165, 1.54) is 5.56 Å². The molecule has 2 atom stereocenters. The number of hydrogen-bond acceptors (Lipinski definition) is 2. The molecule has 2 unspecified atom stereocenters. The fourth-order valence-corrected chi connectivity index (χ4v) is 5.29. The zero-order valence-electron chi connectivity index (χ0n) is 15.3. The van der Waals surface area contributed by atoms with E-state index in [9.17, 15) is 0 Å². The number of nitrogens with one attached hydrogen (secondary N) is 1. The molecule has 1 heterocycles. The Hall–Kier alpha value is -1.55. The van der Waals surface area contributed by atoms with Crippen molar-refractivity contribution in [3.8, 4) is 0 Å². The second-order valence-corrected chi connectivity index (χ2v) is 9.15. The lowest BCUT2D eigenvalue weighted by Gasteiger charge is -2.34. The van der Waals surface area contributed by atoms with Gasteiger partial charge < -0.3 is 5.32 Å². The number of halogens is 3. The van der Waals surface area contributed by atoms with Gasteiger partial charge in [0, 0.05) is 27.5 Å². The molecule has 5 heteroatoms. The van der Waals surface area contributed by atoms with E-state index in [1.807, 2.05) is 18.2 Å². The van der Waals surface area contributed by atoms with Crippen LogP contribution in [0.1, 0.15) is 29.0 Å². The molecule has 4 rings (SSSR count). The lowest BCUT2D eigenvalue weighted by molar-refractivity contribution is 0.568. The van der Waals surface area contributed by atoms with Crippen LogP contribution in [-0.2, 0) is 6.42 Å². The molecule has 2 aliphatic rings. The first-order chi connectivity index (χ1) is 13.6. The molecule has 0 saturated heterocycles. The average Bonchev–Trinajstić information content (AvgIpc) is 3.22. The molecule has 0 aromatic heterocycles. The summed E-state index contributed by atoms with van der Waals surface area (Å²) >= 11 is 17.4. The van der Waals surface area contributed by atoms with Crippen LogP contribution in [0.25, 0.3) is 0 Å². The molecule has 0 spiro atoms. The molecule has 1 aliphatic carbocycles. The monoisotopic (exact) mass is 474 g/mol. The summed E-state index contributed by atoms with van der Waals surface area (Å²) in [7, 11) is 0. The van der Waals surface area contributed by atoms with Gasteiger partial charge in [-0.2, -0.15) is 0 Å². The molecule has 0 fully saturated rings. The Morgan fingerprint density at radius 3 is 2.71 bits per heavy atom. The number of hydrogen-bond donors (Lipinski definition) is 1. The van der Waals surface area contributed by atoms with Crippen LogP contribution in [0.4, 0.5) is 0 Å². The summed E-state index contributed by atoms with van der Waals surface area (Å²) in [6.07, 6.45) is 7.91. The molecular formula is C23H21BrCl2N2. The fourth-order valence-electron chi connectivity index (χ4n) is 3.92. The van der Waals surface area contributed by atoms with E-state index in [4.69, 9.17) is 23.2 Å². The molecule has 28 heavy (non-hydrogen) atoms. The fraction of sp³-hybridized carbons (Fsp3) is 0.261. The van der Waals surface area contributed by atoms with E-state index < -0.39 is 4.87 Å². The Labute approximate surface area is 184 Å². The summed E-state index contributed by atoms with van der Waals surface area (Å²) in [5.74, 6) is 1.03. The number of allylic oxidation sites excluding steroid dienone is 4. The Morgan fingerprint density at radius 2 is 1.96 bits per heavy atom. The van der Waals surface area contributed by atoms with Gasteiger partial charge >= 0.3 is 0 Å². The third-order valence-electron chi connectivity index (χ3n) is 5.31. The molecule has 144 valence electrons. The van der Waals surface area contributed by atoms with Crippen molar-refractivity contribution in [2.24, 2.45) is 4.99 Å². The first-order valence-electron chi connectivity index (χ1n) is 9.43. The van der Waals surface area contributed by atoms with E-state index in [2.05, 4.69) is 74.8 Å². The minimum atomic E-state index is -0.531. The minimum absolute atomic E-state index is 0.101. The Bertz CT molecular complexity index is 952. The van der Waals surface area contributed by atoms with Crippen molar-refractivity contribution in [1.82, 2.24) is 5.32 Å². The molecule has 2 aromatic carbocycles. The minimum Gasteiger partial charge on any atom is -0.368 e. The number of benzene rings is 2. The topological polar surface area (TPSA) is 24.4 Å². The highest BCUT2D eigenvalue weighted by atomic mass is 79.9. The predicted molar refractivity (Wildman–Crippen MR) is 123 cm³/mol. The summed E-state index contributed by atoms with van der Waals surface area (Å²) in [6.45, 7) is 1.68. The standard InChI is InChI=1S/C23H21BrCl2N2/c24-17-9-10-20(16-5-2-1-3-6-16)23(26,15-17)12-11-18-19(7-4-8-21(18)25)22-27-13-14-28-22/h1-10,15,20H,11-14H2,(H,27,28). The van der Waals surface area contributed by atoms with Gasteiger partial charge in [0.05, 0.1) is 11.4 Å². The van der Waals surface area contributed by atoms with E-state index in [1.54, 1.807) is 0 Å². The van der Waals surface area contributed by atoms with Crippen molar-refractivity contribution < 1.29 is 0 Å². The van der Waals surface area contributed by atoms with Crippen LogP contribution < -0.4 is 5.32 Å². The van der Waals surface area contributed by atoms with Crippen LogP contribution in [0.3, 0.4) is 0 Å². The van der Waals surface area contributed by atoms with Gasteiger partial charge in [0.15, 0.2) is 0 Å². The zero-order valence-corrected chi connectivity index (χ0v) is 18.4. The van der Waals surface area contributed by atoms with Gasteiger partial charge in [0.2, 0.25) is 0 Å². The van der Waals surface area contributed by atoms with Crippen LogP contribution in [-0.4, -0.2) is 23.8 Å². The first-order valence-corrected chi connectivity index (χ1v) is 11.0. The highest BCUT2D eigenvalue weighted by molar-refractivity contribution is 9.11. The third kappa shape index (κ3) is 4.07. The molecule has 0 bridgehead atoms. The first kappa shape index (κ1) is 19.8. The average molecular weight is 476 g/mol. The summed E-state index contributed by atoms with van der Waals surface area (Å²) in [5.41, 5.74) is 3.39. The SMILES string of the molecule is Clc1cccc(C2=NCCN2)c1CCC1(Cl)C=C(Br)C=CC1c1ccccc1. The molecule has 2 nitrogen and oxygen atoms in total. The normalized spacial score (nSPS) is 23.9. The maximum Gasteiger partial charge on any atom is 0.128 e. The van der Waals surface area contributed by atoms with Crippen LogP contribution in [0.2, 0.25) is 5.02 Å². The van der Waals surface area contributed by atoms with Gasteiger partial charge in [-0.25, -0.2) is 0 Å². The molecule has 2 aromatic rings. The van der Waals surface area contributed by atoms with Gasteiger partial charge in [-0.3, -0.25) is 4.99 Å². The molecule has 0 radical (unpaired) electrons. The predicted octanol–water partition coefficient (Wildman–Crippen LogP) is 6.23. The Balaban J connectivity index is 1.64. The van der Waals surface area contributed by atoms with Crippen LogP contribution in [0.5, 0.6) is 0 Å². The van der Waals surface area contributed by atoms with Crippen molar-refractivity contribution in [2.75, 3.05) is 13.1 Å². The van der Waals surface area contributed by atoms with E-state index >= 15 is 0 Å². The van der Waals surface area contributed by atoms with Gasteiger partial charge in [-0.05, 0) is 36.1 Å². The van der Waals surface area contributed by atoms with E-state index in [-0.39, 0.29) is 5.92 Å². The highest BCUT2D eigenvalue weighted by Crippen LogP contribution is 2.45. The molecular weight excluding hydrogens is 455 g/mol. The summed E-state index contributed by atoms with van der Waals surface area (Å²) in [5, 5.41) is 4.12.